The third kappa shape index (κ3) is 14.1. The third-order valence-electron chi connectivity index (χ3n) is 11.6. The minimum atomic E-state index is -3.10. The van der Waals surface area contributed by atoms with Crippen LogP contribution in [0, 0.1) is 5.92 Å². The Bertz CT molecular complexity index is 1730. The molecule has 1 N–H and O–H groups in total. The molecule has 1 saturated heterocycles. The van der Waals surface area contributed by atoms with Crippen LogP contribution in [0.5, 0.6) is 0 Å². The highest BCUT2D eigenvalue weighted by atomic mass is 32.1. The molecule has 1 heterocycles. The van der Waals surface area contributed by atoms with Gasteiger partial charge in [0.2, 0.25) is 0 Å². The van der Waals surface area contributed by atoms with E-state index in [-0.39, 0.29) is 17.4 Å². The molecule has 0 saturated carbocycles. The molecule has 0 aromatic heterocycles. The van der Waals surface area contributed by atoms with Crippen molar-refractivity contribution in [2.45, 2.75) is 135 Å². The number of hydrogen-bond donors (Lipinski definition) is 1. The average molecular weight is 892 g/mol. The average Bonchev–Trinajstić information content (AvgIpc) is 3.24. The van der Waals surface area contributed by atoms with Crippen LogP contribution < -0.4 is 15.7 Å². The monoisotopic (exact) mass is 891 g/mol. The van der Waals surface area contributed by atoms with Gasteiger partial charge in [0.1, 0.15) is 5.92 Å². The zero-order valence-corrected chi connectivity index (χ0v) is 41.9. The summed E-state index contributed by atoms with van der Waals surface area (Å²) in [6.07, 6.45) is 7.05. The van der Waals surface area contributed by atoms with E-state index < -0.39 is 42.9 Å². The number of anilines is 1. The van der Waals surface area contributed by atoms with Crippen LogP contribution in [0.3, 0.4) is 0 Å². The van der Waals surface area contributed by atoms with Crippen LogP contribution >= 0.6 is 12.2 Å². The molecule has 3 aromatic rings. The zero-order valence-electron chi connectivity index (χ0n) is 38.1. The minimum Gasteiger partial charge on any atom is -0.468 e. The molecular formula is C48H73NO7SSi3. The van der Waals surface area contributed by atoms with Crippen molar-refractivity contribution in [2.24, 2.45) is 5.92 Å². The second-order valence-electron chi connectivity index (χ2n) is 18.0. The molecular weight excluding hydrogens is 819 g/mol. The molecule has 4 rings (SSSR count). The van der Waals surface area contributed by atoms with Gasteiger partial charge in [-0.05, 0) is 96.9 Å². The number of nitrogens with one attached hydrogen (secondary N) is 1. The number of thiocarbonyl (C=S) groups is 1. The van der Waals surface area contributed by atoms with Gasteiger partial charge in [0.15, 0.2) is 22.9 Å². The summed E-state index contributed by atoms with van der Waals surface area (Å²) >= 11 is 6.18. The Labute approximate surface area is 370 Å². The van der Waals surface area contributed by atoms with Crippen molar-refractivity contribution >= 4 is 70.3 Å². The van der Waals surface area contributed by atoms with Crippen LogP contribution in [0.15, 0.2) is 91.0 Å². The Morgan fingerprint density at radius 1 is 0.850 bits per heavy atom. The minimum absolute atomic E-state index is 0.166. The van der Waals surface area contributed by atoms with Crippen molar-refractivity contribution < 1.29 is 32.3 Å². The molecule has 8 nitrogen and oxygen atoms in total. The summed E-state index contributed by atoms with van der Waals surface area (Å²) in [6, 6.07) is 32.4. The number of ether oxygens (including phenoxy) is 3. The Kier molecular flexibility index (Phi) is 19.6. The third-order valence-corrected chi connectivity index (χ3v) is 22.8. The second-order valence-corrected chi connectivity index (χ2v) is 31.9. The maximum atomic E-state index is 14.0. The normalized spacial score (nSPS) is 16.9. The van der Waals surface area contributed by atoms with Crippen molar-refractivity contribution in [3.05, 3.63) is 96.6 Å². The van der Waals surface area contributed by atoms with Gasteiger partial charge in [-0.2, -0.15) is 0 Å². The van der Waals surface area contributed by atoms with Crippen LogP contribution in [0.2, 0.25) is 42.8 Å². The molecule has 1 aliphatic heterocycles. The first-order chi connectivity index (χ1) is 28.6. The molecule has 1 aliphatic rings. The molecule has 2 unspecified atom stereocenters. The summed E-state index contributed by atoms with van der Waals surface area (Å²) in [5, 5.41) is 5.49. The largest absolute Gasteiger partial charge is 0.468 e. The van der Waals surface area contributed by atoms with Gasteiger partial charge >= 0.3 is 5.97 Å². The highest BCUT2D eigenvalue weighted by Gasteiger charge is 2.52. The zero-order chi connectivity index (χ0) is 43.8. The van der Waals surface area contributed by atoms with Gasteiger partial charge in [-0.25, -0.2) is 0 Å². The first-order valence-corrected chi connectivity index (χ1v) is 30.3. The molecule has 4 atom stereocenters. The fourth-order valence-electron chi connectivity index (χ4n) is 8.28. The summed E-state index contributed by atoms with van der Waals surface area (Å²) in [6.45, 7) is 21.9. The molecule has 0 radical (unpaired) electrons. The smallest absolute Gasteiger partial charge is 0.315 e. The van der Waals surface area contributed by atoms with Crippen molar-refractivity contribution in [1.82, 2.24) is 0 Å². The molecule has 1 fully saturated rings. The first-order valence-electron chi connectivity index (χ1n) is 22.1. The van der Waals surface area contributed by atoms with Gasteiger partial charge in [-0.15, -0.1) is 0 Å². The lowest BCUT2D eigenvalue weighted by Crippen LogP contribution is -2.68. The van der Waals surface area contributed by atoms with Crippen LogP contribution in [-0.2, 0) is 32.3 Å². The molecule has 0 bridgehead atoms. The number of benzene rings is 3. The van der Waals surface area contributed by atoms with Gasteiger partial charge in [0.25, 0.3) is 8.32 Å². The fraction of sp³-hybridized carbons (Fsp3) is 0.542. The molecule has 0 spiro atoms. The maximum Gasteiger partial charge on any atom is 0.315 e. The van der Waals surface area contributed by atoms with E-state index >= 15 is 0 Å². The lowest BCUT2D eigenvalue weighted by atomic mass is 9.97. The molecule has 60 heavy (non-hydrogen) atoms. The SMILES string of the molecule is CC[Si](CC)(CC)OC[C@H](C[C@@H](CC(C(=O)OC)C(=S)Nc1ccccc1/C=C\COC1CCCCO1)O[Si](c1ccccc1)(c1ccccc1)C(C)(C)C)O[Si](C)(C)C. The number of carbonyl (C=O) groups excluding carboxylic acids is 1. The fourth-order valence-corrected chi connectivity index (χ4v) is 17.1. The van der Waals surface area contributed by atoms with Crippen molar-refractivity contribution in [1.29, 1.82) is 0 Å². The van der Waals surface area contributed by atoms with Crippen molar-refractivity contribution in [3.63, 3.8) is 0 Å². The van der Waals surface area contributed by atoms with E-state index in [1.54, 1.807) is 0 Å². The van der Waals surface area contributed by atoms with E-state index in [0.29, 0.717) is 31.0 Å². The predicted molar refractivity (Wildman–Crippen MR) is 260 cm³/mol. The number of methoxy groups -OCH3 is 1. The lowest BCUT2D eigenvalue weighted by Gasteiger charge is -2.46. The summed E-state index contributed by atoms with van der Waals surface area (Å²) in [5.74, 6) is -1.22. The number of carbonyl (C=O) groups is 1. The van der Waals surface area contributed by atoms with Gasteiger partial charge < -0.3 is 32.8 Å². The van der Waals surface area contributed by atoms with Gasteiger partial charge in [0.05, 0.1) is 31.4 Å². The van der Waals surface area contributed by atoms with E-state index in [2.05, 4.69) is 127 Å². The number of hydrogen-bond acceptors (Lipinski definition) is 8. The molecule has 3 aromatic carbocycles. The molecule has 330 valence electrons. The second kappa shape index (κ2) is 23.6. The first kappa shape index (κ1) is 49.9. The Balaban J connectivity index is 1.77. The quantitative estimate of drug-likeness (QED) is 0.0568. The predicted octanol–water partition coefficient (Wildman–Crippen LogP) is 10.7. The van der Waals surface area contributed by atoms with Gasteiger partial charge in [-0.1, -0.05) is 145 Å². The van der Waals surface area contributed by atoms with E-state index in [1.807, 2.05) is 36.4 Å². The number of para-hydroxylation sites is 1. The summed E-state index contributed by atoms with van der Waals surface area (Å²) in [4.78, 5) is 14.4. The summed E-state index contributed by atoms with van der Waals surface area (Å²) < 4.78 is 39.1. The van der Waals surface area contributed by atoms with Gasteiger partial charge in [-0.3, -0.25) is 4.79 Å². The maximum absolute atomic E-state index is 14.0. The topological polar surface area (TPSA) is 84.5 Å². The van der Waals surface area contributed by atoms with Gasteiger partial charge in [0, 0.05) is 18.4 Å². The molecule has 0 aliphatic carbocycles. The van der Waals surface area contributed by atoms with E-state index in [4.69, 9.17) is 39.7 Å². The summed E-state index contributed by atoms with van der Waals surface area (Å²) in [7, 11) is -5.70. The Morgan fingerprint density at radius 2 is 1.45 bits per heavy atom. The Hall–Kier alpha value is -2.79. The van der Waals surface area contributed by atoms with Crippen LogP contribution in [-0.4, -0.2) is 81.3 Å². The van der Waals surface area contributed by atoms with Crippen LogP contribution in [0.25, 0.3) is 6.08 Å². The highest BCUT2D eigenvalue weighted by molar-refractivity contribution is 7.80. The van der Waals surface area contributed by atoms with Crippen LogP contribution in [0.1, 0.15) is 79.2 Å². The van der Waals surface area contributed by atoms with E-state index in [1.165, 1.54) is 7.11 Å². The highest BCUT2D eigenvalue weighted by Crippen LogP contribution is 2.39. The Morgan fingerprint density at radius 3 is 1.98 bits per heavy atom. The van der Waals surface area contributed by atoms with E-state index in [0.717, 1.165) is 65.6 Å². The number of rotatable bonds is 23. The molecule has 0 amide bonds. The van der Waals surface area contributed by atoms with Crippen molar-refractivity contribution in [3.8, 4) is 0 Å². The number of esters is 1. The molecule has 12 heteroatoms. The van der Waals surface area contributed by atoms with E-state index in [9.17, 15) is 4.79 Å². The van der Waals surface area contributed by atoms with Crippen LogP contribution in [0.4, 0.5) is 5.69 Å². The summed E-state index contributed by atoms with van der Waals surface area (Å²) in [5.41, 5.74) is 1.72. The van der Waals surface area contributed by atoms with Crippen molar-refractivity contribution in [2.75, 3.05) is 32.2 Å². The lowest BCUT2D eigenvalue weighted by molar-refractivity contribution is -0.155. The standard InChI is InChI=1S/C48H73NO7SSi3/c1-11-59(12-2,13-3)54-37-40(55-58(8,9)10)35-39(56-60(48(4,5)6,41-27-16-14-17-28-41)42-29-18-15-19-30-42)36-43(47(50)51-7)46(57)49-44-31-21-20-25-38(44)26-24-34-53-45-32-22-23-33-52-45/h14-21,24-31,39-40,43,45H,11-13,22-23,32-37H2,1-10H3,(H,49,57)/b26-24-/t39-,40-,43?,45?/m0/s1.